The highest BCUT2D eigenvalue weighted by molar-refractivity contribution is 5.99. The van der Waals surface area contributed by atoms with Crippen molar-refractivity contribution in [2.75, 3.05) is 5.32 Å². The number of para-hydroxylation sites is 1. The van der Waals surface area contributed by atoms with E-state index in [4.69, 9.17) is 4.99 Å². The van der Waals surface area contributed by atoms with Gasteiger partial charge in [-0.25, -0.2) is 4.98 Å². The Morgan fingerprint density at radius 1 is 1.21 bits per heavy atom. The molecule has 96 valence electrons. The first-order valence-corrected chi connectivity index (χ1v) is 6.80. The van der Waals surface area contributed by atoms with Crippen LogP contribution in [0, 0.1) is 5.92 Å². The number of rotatable bonds is 1. The smallest absolute Gasteiger partial charge is 0.105 e. The Morgan fingerprint density at radius 3 is 3.16 bits per heavy atom. The van der Waals surface area contributed by atoms with Crippen molar-refractivity contribution in [1.82, 2.24) is 9.97 Å². The third-order valence-electron chi connectivity index (χ3n) is 4.07. The second-order valence-electron chi connectivity index (χ2n) is 5.25. The fraction of sp³-hybridized carbons (Fsp3) is 0.333. The molecular weight excluding hydrogens is 236 g/mol. The molecule has 1 aromatic heterocycles. The number of H-pyrrole nitrogens is 1. The maximum absolute atomic E-state index is 4.72. The van der Waals surface area contributed by atoms with Crippen LogP contribution >= 0.6 is 0 Å². The predicted octanol–water partition coefficient (Wildman–Crippen LogP) is 2.54. The molecule has 1 aliphatic carbocycles. The second-order valence-corrected chi connectivity index (χ2v) is 5.25. The number of fused-ring (bicyclic) bond motifs is 2. The van der Waals surface area contributed by atoms with Crippen LogP contribution in [0.25, 0.3) is 0 Å². The molecule has 0 fully saturated rings. The highest BCUT2D eigenvalue weighted by atomic mass is 15.0. The zero-order valence-electron chi connectivity index (χ0n) is 10.7. The first-order chi connectivity index (χ1) is 9.40. The van der Waals surface area contributed by atoms with Gasteiger partial charge in [0.05, 0.1) is 18.6 Å². The number of imidazole rings is 1. The van der Waals surface area contributed by atoms with E-state index in [0.29, 0.717) is 5.92 Å². The van der Waals surface area contributed by atoms with Gasteiger partial charge in [-0.3, -0.25) is 4.99 Å². The number of hydrogen-bond donors (Lipinski definition) is 2. The van der Waals surface area contributed by atoms with E-state index in [9.17, 15) is 0 Å². The molecule has 1 atom stereocenters. The van der Waals surface area contributed by atoms with Crippen molar-refractivity contribution in [3.8, 4) is 0 Å². The number of amidine groups is 1. The van der Waals surface area contributed by atoms with Gasteiger partial charge in [-0.15, -0.1) is 0 Å². The fourth-order valence-electron chi connectivity index (χ4n) is 2.99. The molecule has 2 aliphatic rings. The molecule has 0 saturated heterocycles. The van der Waals surface area contributed by atoms with Gasteiger partial charge in [0.1, 0.15) is 5.84 Å². The minimum Gasteiger partial charge on any atom is -0.348 e. The average Bonchev–Trinajstić information content (AvgIpc) is 2.94. The summed E-state index contributed by atoms with van der Waals surface area (Å²) < 4.78 is 0. The summed E-state index contributed by atoms with van der Waals surface area (Å²) in [6, 6.07) is 8.41. The van der Waals surface area contributed by atoms with Crippen molar-refractivity contribution < 1.29 is 0 Å². The van der Waals surface area contributed by atoms with Gasteiger partial charge in [0.2, 0.25) is 0 Å². The van der Waals surface area contributed by atoms with E-state index in [2.05, 4.69) is 39.6 Å². The second kappa shape index (κ2) is 4.23. The molecule has 4 heteroatoms. The van der Waals surface area contributed by atoms with Crippen molar-refractivity contribution in [1.29, 1.82) is 0 Å². The van der Waals surface area contributed by atoms with Crippen LogP contribution in [0.3, 0.4) is 0 Å². The van der Waals surface area contributed by atoms with E-state index in [1.807, 2.05) is 0 Å². The summed E-state index contributed by atoms with van der Waals surface area (Å²) in [4.78, 5) is 12.3. The third-order valence-corrected chi connectivity index (χ3v) is 4.07. The summed E-state index contributed by atoms with van der Waals surface area (Å²) in [5.41, 5.74) is 5.00. The maximum atomic E-state index is 4.72. The molecule has 0 bridgehead atoms. The molecule has 1 aliphatic heterocycles. The Bertz CT molecular complexity index is 641. The Hall–Kier alpha value is -2.10. The lowest BCUT2D eigenvalue weighted by Gasteiger charge is -2.27. The van der Waals surface area contributed by atoms with Gasteiger partial charge in [0, 0.05) is 17.3 Å². The van der Waals surface area contributed by atoms with E-state index in [0.717, 1.165) is 31.6 Å². The van der Waals surface area contributed by atoms with Crippen LogP contribution in [0.5, 0.6) is 0 Å². The SMILES string of the molecule is c1ccc2c(c1)CN=C(C1CCc3nc[nH]c3C1)N2. The minimum absolute atomic E-state index is 0.487. The number of benzene rings is 1. The van der Waals surface area contributed by atoms with Crippen LogP contribution in [-0.2, 0) is 19.4 Å². The molecule has 4 rings (SSSR count). The van der Waals surface area contributed by atoms with Crippen LogP contribution in [0.15, 0.2) is 35.6 Å². The standard InChI is InChI=1S/C15H16N4/c1-2-4-12-11(3-1)8-16-15(19-12)10-5-6-13-14(7-10)18-9-17-13/h1-4,9-10H,5-8H2,(H,16,19)(H,17,18). The lowest BCUT2D eigenvalue weighted by atomic mass is 9.88. The van der Waals surface area contributed by atoms with Crippen LogP contribution < -0.4 is 5.32 Å². The van der Waals surface area contributed by atoms with E-state index < -0.39 is 0 Å². The fourth-order valence-corrected chi connectivity index (χ4v) is 2.99. The molecule has 1 aromatic carbocycles. The van der Waals surface area contributed by atoms with Crippen LogP contribution in [-0.4, -0.2) is 15.8 Å². The number of aromatic nitrogens is 2. The van der Waals surface area contributed by atoms with Crippen LogP contribution in [0.2, 0.25) is 0 Å². The molecule has 0 amide bonds. The molecule has 19 heavy (non-hydrogen) atoms. The number of nitrogens with zero attached hydrogens (tertiary/aromatic N) is 2. The molecule has 0 radical (unpaired) electrons. The number of aromatic amines is 1. The van der Waals surface area contributed by atoms with Gasteiger partial charge in [-0.1, -0.05) is 18.2 Å². The summed E-state index contributed by atoms with van der Waals surface area (Å²) in [5.74, 6) is 1.63. The molecule has 2 aromatic rings. The number of aliphatic imine (C=N–C) groups is 1. The largest absolute Gasteiger partial charge is 0.348 e. The normalized spacial score (nSPS) is 21.1. The quantitative estimate of drug-likeness (QED) is 0.819. The minimum atomic E-state index is 0.487. The Balaban J connectivity index is 1.58. The molecule has 0 saturated carbocycles. The van der Waals surface area contributed by atoms with Gasteiger partial charge in [0.25, 0.3) is 0 Å². The zero-order chi connectivity index (χ0) is 12.7. The van der Waals surface area contributed by atoms with E-state index in [1.54, 1.807) is 6.33 Å². The lowest BCUT2D eigenvalue weighted by molar-refractivity contribution is 0.566. The molecular formula is C15H16N4. The summed E-state index contributed by atoms with van der Waals surface area (Å²) >= 11 is 0. The molecule has 2 N–H and O–H groups in total. The highest BCUT2D eigenvalue weighted by Crippen LogP contribution is 2.28. The zero-order valence-corrected chi connectivity index (χ0v) is 10.7. The topological polar surface area (TPSA) is 53.1 Å². The van der Waals surface area contributed by atoms with Crippen LogP contribution in [0.1, 0.15) is 23.4 Å². The monoisotopic (exact) mass is 252 g/mol. The summed E-state index contributed by atoms with van der Waals surface area (Å²) in [6.07, 6.45) is 5.00. The van der Waals surface area contributed by atoms with Crippen molar-refractivity contribution in [2.24, 2.45) is 10.9 Å². The van der Waals surface area contributed by atoms with E-state index >= 15 is 0 Å². The molecule has 0 spiro atoms. The van der Waals surface area contributed by atoms with E-state index in [1.165, 1.54) is 22.6 Å². The molecule has 1 unspecified atom stereocenters. The summed E-state index contributed by atoms with van der Waals surface area (Å²) in [7, 11) is 0. The first kappa shape index (κ1) is 10.8. The number of aryl methyl sites for hydroxylation is 1. The van der Waals surface area contributed by atoms with Gasteiger partial charge in [-0.2, -0.15) is 0 Å². The van der Waals surface area contributed by atoms with Crippen molar-refractivity contribution in [2.45, 2.75) is 25.8 Å². The third kappa shape index (κ3) is 1.84. The van der Waals surface area contributed by atoms with Gasteiger partial charge in [-0.05, 0) is 30.9 Å². The van der Waals surface area contributed by atoms with Gasteiger partial charge in [0.15, 0.2) is 0 Å². The average molecular weight is 252 g/mol. The van der Waals surface area contributed by atoms with Crippen LogP contribution in [0.4, 0.5) is 5.69 Å². The highest BCUT2D eigenvalue weighted by Gasteiger charge is 2.26. The Morgan fingerprint density at radius 2 is 2.16 bits per heavy atom. The maximum Gasteiger partial charge on any atom is 0.105 e. The van der Waals surface area contributed by atoms with Crippen molar-refractivity contribution in [3.63, 3.8) is 0 Å². The predicted molar refractivity (Wildman–Crippen MR) is 75.3 cm³/mol. The Kier molecular flexibility index (Phi) is 2.40. The lowest BCUT2D eigenvalue weighted by Crippen LogP contribution is -2.30. The van der Waals surface area contributed by atoms with Crippen molar-refractivity contribution >= 4 is 11.5 Å². The van der Waals surface area contributed by atoms with Crippen molar-refractivity contribution in [3.05, 3.63) is 47.5 Å². The Labute approximate surface area is 112 Å². The number of nitrogens with one attached hydrogen (secondary N) is 2. The number of hydrogen-bond acceptors (Lipinski definition) is 3. The van der Waals surface area contributed by atoms with Gasteiger partial charge >= 0.3 is 0 Å². The summed E-state index contributed by atoms with van der Waals surface area (Å²) in [5, 5.41) is 3.51. The molecule has 2 heterocycles. The first-order valence-electron chi connectivity index (χ1n) is 6.80. The summed E-state index contributed by atoms with van der Waals surface area (Å²) in [6.45, 7) is 0.796. The van der Waals surface area contributed by atoms with Gasteiger partial charge < -0.3 is 10.3 Å². The number of anilines is 1. The molecule has 4 nitrogen and oxygen atoms in total. The van der Waals surface area contributed by atoms with E-state index in [-0.39, 0.29) is 0 Å².